The second kappa shape index (κ2) is 5.25. The van der Waals surface area contributed by atoms with Crippen LogP contribution in [0.4, 0.5) is 0 Å². The minimum absolute atomic E-state index is 0.245. The van der Waals surface area contributed by atoms with Gasteiger partial charge in [0.2, 0.25) is 0 Å². The quantitative estimate of drug-likeness (QED) is 0.773. The molecule has 0 aliphatic rings. The van der Waals surface area contributed by atoms with Gasteiger partial charge >= 0.3 is 0 Å². The van der Waals surface area contributed by atoms with Gasteiger partial charge in [0.25, 0.3) is 5.91 Å². The van der Waals surface area contributed by atoms with Gasteiger partial charge in [-0.15, -0.1) is 0 Å². The van der Waals surface area contributed by atoms with Gasteiger partial charge in [-0.25, -0.2) is 0 Å². The number of carbonyl (C=O) groups excluding carboxylic acids is 1. The van der Waals surface area contributed by atoms with Gasteiger partial charge in [0.15, 0.2) is 0 Å². The molecule has 14 heavy (non-hydrogen) atoms. The van der Waals surface area contributed by atoms with Crippen LogP contribution in [-0.2, 0) is 0 Å². The third kappa shape index (κ3) is 2.75. The molecule has 0 radical (unpaired) electrons. The van der Waals surface area contributed by atoms with Crippen molar-refractivity contribution >= 4 is 17.5 Å². The van der Waals surface area contributed by atoms with Crippen molar-refractivity contribution in [3.8, 4) is 6.07 Å². The van der Waals surface area contributed by atoms with Crippen LogP contribution in [0.3, 0.4) is 0 Å². The Hall–Kier alpha value is -1.53. The van der Waals surface area contributed by atoms with Crippen LogP contribution in [0.1, 0.15) is 16.8 Å². The molecule has 0 aliphatic carbocycles. The third-order valence-electron chi connectivity index (χ3n) is 1.64. The largest absolute Gasteiger partial charge is 0.351 e. The second-order valence-electron chi connectivity index (χ2n) is 2.64. The molecule has 1 N–H and O–H groups in total. The summed E-state index contributed by atoms with van der Waals surface area (Å²) in [7, 11) is 0. The Balaban J connectivity index is 2.62. The molecule has 0 heterocycles. The number of hydrogen-bond donors (Lipinski definition) is 1. The van der Waals surface area contributed by atoms with E-state index >= 15 is 0 Å². The third-order valence-corrected chi connectivity index (χ3v) is 1.97. The van der Waals surface area contributed by atoms with Crippen molar-refractivity contribution in [3.63, 3.8) is 0 Å². The Morgan fingerprint density at radius 1 is 1.50 bits per heavy atom. The van der Waals surface area contributed by atoms with Gasteiger partial charge in [0.1, 0.15) is 0 Å². The van der Waals surface area contributed by atoms with Gasteiger partial charge in [0, 0.05) is 6.54 Å². The topological polar surface area (TPSA) is 52.9 Å². The van der Waals surface area contributed by atoms with Gasteiger partial charge in [-0.2, -0.15) is 5.26 Å². The van der Waals surface area contributed by atoms with E-state index in [0.717, 1.165) is 0 Å². The zero-order valence-corrected chi connectivity index (χ0v) is 8.21. The zero-order chi connectivity index (χ0) is 10.4. The summed E-state index contributed by atoms with van der Waals surface area (Å²) < 4.78 is 0. The van der Waals surface area contributed by atoms with E-state index in [1.54, 1.807) is 24.3 Å². The van der Waals surface area contributed by atoms with Gasteiger partial charge in [0.05, 0.1) is 23.1 Å². The standard InChI is InChI=1S/C10H9ClN2O/c11-9-5-2-1-4-8(9)10(14)13-7-3-6-12/h1-2,4-5H,3,7H2,(H,13,14). The number of rotatable bonds is 3. The molecule has 0 fully saturated rings. The first kappa shape index (κ1) is 10.6. The fraction of sp³-hybridized carbons (Fsp3) is 0.200. The summed E-state index contributed by atoms with van der Waals surface area (Å²) in [5.74, 6) is -0.245. The number of amides is 1. The molecule has 4 heteroatoms. The predicted octanol–water partition coefficient (Wildman–Crippen LogP) is 1.98. The normalized spacial score (nSPS) is 9.14. The minimum atomic E-state index is -0.245. The lowest BCUT2D eigenvalue weighted by Gasteiger charge is -2.03. The maximum Gasteiger partial charge on any atom is 0.252 e. The molecular formula is C10H9ClN2O. The van der Waals surface area contributed by atoms with Crippen molar-refractivity contribution in [3.05, 3.63) is 34.9 Å². The molecule has 0 spiro atoms. The molecule has 0 atom stereocenters. The summed E-state index contributed by atoms with van der Waals surface area (Å²) >= 11 is 5.81. The lowest BCUT2D eigenvalue weighted by molar-refractivity contribution is 0.0954. The molecule has 72 valence electrons. The molecule has 0 unspecified atom stereocenters. The highest BCUT2D eigenvalue weighted by molar-refractivity contribution is 6.33. The Labute approximate surface area is 87.3 Å². The Morgan fingerprint density at radius 3 is 2.86 bits per heavy atom. The van der Waals surface area contributed by atoms with Crippen LogP contribution in [0.25, 0.3) is 0 Å². The predicted molar refractivity (Wildman–Crippen MR) is 54.0 cm³/mol. The van der Waals surface area contributed by atoms with Crippen LogP contribution in [-0.4, -0.2) is 12.5 Å². The summed E-state index contributed by atoms with van der Waals surface area (Å²) in [5.41, 5.74) is 0.437. The van der Waals surface area contributed by atoms with Gasteiger partial charge in [-0.05, 0) is 12.1 Å². The van der Waals surface area contributed by atoms with Gasteiger partial charge < -0.3 is 5.32 Å². The van der Waals surface area contributed by atoms with E-state index in [0.29, 0.717) is 23.6 Å². The summed E-state index contributed by atoms with van der Waals surface area (Å²) in [6.45, 7) is 0.348. The van der Waals surface area contributed by atoms with Crippen LogP contribution in [0.5, 0.6) is 0 Å². The summed E-state index contributed by atoms with van der Waals surface area (Å²) in [5, 5.41) is 11.3. The number of halogens is 1. The minimum Gasteiger partial charge on any atom is -0.351 e. The van der Waals surface area contributed by atoms with E-state index in [1.165, 1.54) is 0 Å². The number of nitriles is 1. The number of nitrogens with one attached hydrogen (secondary N) is 1. The molecule has 3 nitrogen and oxygen atoms in total. The summed E-state index contributed by atoms with van der Waals surface area (Å²) in [4.78, 5) is 11.4. The molecule has 1 amide bonds. The molecule has 1 aromatic carbocycles. The fourth-order valence-corrected chi connectivity index (χ4v) is 1.19. The van der Waals surface area contributed by atoms with E-state index in [9.17, 15) is 4.79 Å². The smallest absolute Gasteiger partial charge is 0.252 e. The van der Waals surface area contributed by atoms with Crippen LogP contribution in [0, 0.1) is 11.3 Å². The highest BCUT2D eigenvalue weighted by Gasteiger charge is 2.07. The molecule has 0 saturated carbocycles. The molecule has 0 aromatic heterocycles. The molecule has 1 aromatic rings. The first-order valence-corrected chi connectivity index (χ1v) is 4.53. The highest BCUT2D eigenvalue weighted by Crippen LogP contribution is 2.14. The number of nitrogens with zero attached hydrogens (tertiary/aromatic N) is 1. The SMILES string of the molecule is N#CCCNC(=O)c1ccccc1Cl. The fourth-order valence-electron chi connectivity index (χ4n) is 0.973. The monoisotopic (exact) mass is 208 g/mol. The Kier molecular flexibility index (Phi) is 3.96. The van der Waals surface area contributed by atoms with Crippen molar-refractivity contribution < 1.29 is 4.79 Å². The van der Waals surface area contributed by atoms with Crippen molar-refractivity contribution in [2.45, 2.75) is 6.42 Å². The summed E-state index contributed by atoms with van der Waals surface area (Å²) in [6.07, 6.45) is 0.302. The van der Waals surface area contributed by atoms with Crippen LogP contribution >= 0.6 is 11.6 Å². The Bertz CT molecular complexity index is 371. The molecular weight excluding hydrogens is 200 g/mol. The molecule has 0 aliphatic heterocycles. The van der Waals surface area contributed by atoms with E-state index in [4.69, 9.17) is 16.9 Å². The van der Waals surface area contributed by atoms with E-state index in [1.807, 2.05) is 6.07 Å². The van der Waals surface area contributed by atoms with Gasteiger partial charge in [-0.1, -0.05) is 23.7 Å². The molecule has 0 bridgehead atoms. The van der Waals surface area contributed by atoms with Crippen molar-refractivity contribution in [2.24, 2.45) is 0 Å². The maximum absolute atomic E-state index is 11.4. The zero-order valence-electron chi connectivity index (χ0n) is 7.46. The van der Waals surface area contributed by atoms with Crippen molar-refractivity contribution in [1.29, 1.82) is 5.26 Å². The van der Waals surface area contributed by atoms with Crippen LogP contribution in [0.2, 0.25) is 5.02 Å². The van der Waals surface area contributed by atoms with Crippen LogP contribution in [0.15, 0.2) is 24.3 Å². The van der Waals surface area contributed by atoms with E-state index in [2.05, 4.69) is 5.32 Å². The van der Waals surface area contributed by atoms with E-state index < -0.39 is 0 Å². The second-order valence-corrected chi connectivity index (χ2v) is 3.05. The summed E-state index contributed by atoms with van der Waals surface area (Å²) in [6, 6.07) is 8.74. The average molecular weight is 209 g/mol. The van der Waals surface area contributed by atoms with E-state index in [-0.39, 0.29) is 5.91 Å². The lowest BCUT2D eigenvalue weighted by atomic mass is 10.2. The average Bonchev–Trinajstić information content (AvgIpc) is 2.18. The first-order chi connectivity index (χ1) is 6.75. The van der Waals surface area contributed by atoms with Gasteiger partial charge in [-0.3, -0.25) is 4.79 Å². The molecule has 0 saturated heterocycles. The van der Waals surface area contributed by atoms with Crippen LogP contribution < -0.4 is 5.32 Å². The maximum atomic E-state index is 11.4. The number of carbonyl (C=O) groups is 1. The number of hydrogen-bond acceptors (Lipinski definition) is 2. The Morgan fingerprint density at radius 2 is 2.21 bits per heavy atom. The number of benzene rings is 1. The van der Waals surface area contributed by atoms with Crippen molar-refractivity contribution in [1.82, 2.24) is 5.32 Å². The molecule has 1 rings (SSSR count). The lowest BCUT2D eigenvalue weighted by Crippen LogP contribution is -2.24. The highest BCUT2D eigenvalue weighted by atomic mass is 35.5. The first-order valence-electron chi connectivity index (χ1n) is 4.15. The van der Waals surface area contributed by atoms with Crippen molar-refractivity contribution in [2.75, 3.05) is 6.54 Å².